The molecule has 10 heteroatoms. The van der Waals surface area contributed by atoms with Crippen molar-refractivity contribution in [3.05, 3.63) is 74.6 Å². The standard InChI is InChI=1S/C26H24BrFN4O2S2/c1-33-18-3-2-4-19(12-18)36-20-13-24(34-23-6-5-17(28)11-21(23)27)25(30-14-20)32-26-31-22(15-35-26)16-7-9-29-10-8-16/h3,5-6,9,11-16H,2,4,7-8,10H2,1H3,(H,30,31,32). The van der Waals surface area contributed by atoms with Gasteiger partial charge in [0, 0.05) is 35.0 Å². The molecule has 0 saturated heterocycles. The highest BCUT2D eigenvalue weighted by Gasteiger charge is 2.18. The summed E-state index contributed by atoms with van der Waals surface area (Å²) in [6, 6.07) is 6.27. The number of benzene rings is 1. The molecule has 3 aromatic rings. The zero-order valence-electron chi connectivity index (χ0n) is 19.5. The van der Waals surface area contributed by atoms with E-state index in [-0.39, 0.29) is 5.82 Å². The highest BCUT2D eigenvalue weighted by Crippen LogP contribution is 2.40. The number of anilines is 2. The number of nitrogens with one attached hydrogen (secondary N) is 1. The SMILES string of the molecule is COC1=CCCC(Sc2cnc(Nc3nc(C4CC=NCC4)cs3)c(Oc3ccc(F)cc3Br)c2)=C1. The summed E-state index contributed by atoms with van der Waals surface area (Å²) in [6.07, 6.45) is 11.7. The van der Waals surface area contributed by atoms with Crippen molar-refractivity contribution in [2.75, 3.05) is 19.0 Å². The minimum absolute atomic E-state index is 0.343. The van der Waals surface area contributed by atoms with Crippen molar-refractivity contribution in [1.82, 2.24) is 9.97 Å². The summed E-state index contributed by atoms with van der Waals surface area (Å²) in [7, 11) is 1.68. The molecular weight excluding hydrogens is 563 g/mol. The number of rotatable bonds is 8. The molecule has 0 fully saturated rings. The summed E-state index contributed by atoms with van der Waals surface area (Å²) in [4.78, 5) is 15.9. The van der Waals surface area contributed by atoms with Gasteiger partial charge in [-0.05, 0) is 83.1 Å². The number of aromatic nitrogens is 2. The van der Waals surface area contributed by atoms with Gasteiger partial charge >= 0.3 is 0 Å². The lowest BCUT2D eigenvalue weighted by Gasteiger charge is -2.16. The molecule has 0 spiro atoms. The third-order valence-electron chi connectivity index (χ3n) is 5.76. The number of hydrogen-bond donors (Lipinski definition) is 1. The summed E-state index contributed by atoms with van der Waals surface area (Å²) in [6.45, 7) is 0.842. The maximum absolute atomic E-state index is 13.6. The minimum Gasteiger partial charge on any atom is -0.497 e. The lowest BCUT2D eigenvalue weighted by Crippen LogP contribution is -2.07. The van der Waals surface area contributed by atoms with Crippen molar-refractivity contribution >= 4 is 56.2 Å². The van der Waals surface area contributed by atoms with Gasteiger partial charge in [0.25, 0.3) is 0 Å². The van der Waals surface area contributed by atoms with E-state index in [1.165, 1.54) is 28.4 Å². The summed E-state index contributed by atoms with van der Waals surface area (Å²) in [5.74, 6) is 2.47. The molecule has 186 valence electrons. The van der Waals surface area contributed by atoms with Gasteiger partial charge in [-0.3, -0.25) is 4.99 Å². The Morgan fingerprint density at radius 1 is 1.25 bits per heavy atom. The Labute approximate surface area is 225 Å². The average molecular weight is 588 g/mol. The van der Waals surface area contributed by atoms with Crippen LogP contribution >= 0.6 is 39.0 Å². The molecule has 0 radical (unpaired) electrons. The van der Waals surface area contributed by atoms with Gasteiger partial charge in [0.15, 0.2) is 16.7 Å². The molecule has 1 atom stereocenters. The van der Waals surface area contributed by atoms with E-state index in [1.807, 2.05) is 24.6 Å². The highest BCUT2D eigenvalue weighted by molar-refractivity contribution is 9.10. The van der Waals surface area contributed by atoms with Crippen LogP contribution in [0.5, 0.6) is 11.5 Å². The highest BCUT2D eigenvalue weighted by atomic mass is 79.9. The zero-order chi connectivity index (χ0) is 24.9. The van der Waals surface area contributed by atoms with Crippen molar-refractivity contribution in [2.45, 2.75) is 36.5 Å². The third-order valence-corrected chi connectivity index (χ3v) is 8.20. The van der Waals surface area contributed by atoms with E-state index >= 15 is 0 Å². The topological polar surface area (TPSA) is 68.6 Å². The first-order valence-electron chi connectivity index (χ1n) is 11.5. The first-order chi connectivity index (χ1) is 17.6. The van der Waals surface area contributed by atoms with Gasteiger partial charge in [0.05, 0.1) is 17.3 Å². The maximum Gasteiger partial charge on any atom is 0.188 e. The second-order valence-corrected chi connectivity index (χ2v) is 11.2. The number of thiazole rings is 1. The number of pyridine rings is 1. The number of ether oxygens (including phenoxy) is 2. The molecule has 0 amide bonds. The summed E-state index contributed by atoms with van der Waals surface area (Å²) >= 11 is 6.56. The first kappa shape index (κ1) is 25.0. The number of methoxy groups -OCH3 is 1. The fourth-order valence-corrected chi connectivity index (χ4v) is 6.09. The van der Waals surface area contributed by atoms with Crippen molar-refractivity contribution in [3.8, 4) is 11.5 Å². The average Bonchev–Trinajstić information content (AvgIpc) is 3.36. The number of thioether (sulfide) groups is 1. The lowest BCUT2D eigenvalue weighted by atomic mass is 9.97. The van der Waals surface area contributed by atoms with Crippen LogP contribution in [-0.2, 0) is 4.74 Å². The number of nitrogens with zero attached hydrogens (tertiary/aromatic N) is 3. The van der Waals surface area contributed by atoms with Crippen LogP contribution in [-0.4, -0.2) is 29.8 Å². The molecule has 1 unspecified atom stereocenters. The maximum atomic E-state index is 13.6. The van der Waals surface area contributed by atoms with Crippen LogP contribution in [0.25, 0.3) is 0 Å². The Balaban J connectivity index is 1.41. The first-order valence-corrected chi connectivity index (χ1v) is 14.0. The Morgan fingerprint density at radius 3 is 2.97 bits per heavy atom. The van der Waals surface area contributed by atoms with Gasteiger partial charge < -0.3 is 14.8 Å². The van der Waals surface area contributed by atoms with Gasteiger partial charge in [-0.2, -0.15) is 0 Å². The molecule has 5 rings (SSSR count). The molecule has 36 heavy (non-hydrogen) atoms. The van der Waals surface area contributed by atoms with Gasteiger partial charge in [-0.1, -0.05) is 11.8 Å². The van der Waals surface area contributed by atoms with Gasteiger partial charge in [0.1, 0.15) is 17.3 Å². The fraction of sp³-hybridized carbons (Fsp3) is 0.269. The zero-order valence-corrected chi connectivity index (χ0v) is 22.8. The number of allylic oxidation sites excluding steroid dienone is 3. The van der Waals surface area contributed by atoms with Gasteiger partial charge in [0.2, 0.25) is 0 Å². The van der Waals surface area contributed by atoms with E-state index in [1.54, 1.807) is 24.9 Å². The largest absolute Gasteiger partial charge is 0.497 e. The molecule has 0 saturated carbocycles. The lowest BCUT2D eigenvalue weighted by molar-refractivity contribution is 0.303. The Kier molecular flexibility index (Phi) is 8.03. The molecule has 2 aliphatic rings. The number of hydrogen-bond acceptors (Lipinski definition) is 8. The quantitative estimate of drug-likeness (QED) is 0.286. The predicted octanol–water partition coefficient (Wildman–Crippen LogP) is 8.22. The van der Waals surface area contributed by atoms with E-state index < -0.39 is 0 Å². The second-order valence-electron chi connectivity index (χ2n) is 8.27. The van der Waals surface area contributed by atoms with Crippen molar-refractivity contribution in [2.24, 2.45) is 4.99 Å². The summed E-state index contributed by atoms with van der Waals surface area (Å²) in [5, 5.41) is 6.16. The Bertz CT molecular complexity index is 1340. The Hall–Kier alpha value is -2.69. The molecule has 1 N–H and O–H groups in total. The van der Waals surface area contributed by atoms with Crippen LogP contribution in [0.15, 0.2) is 73.0 Å². The van der Waals surface area contributed by atoms with Crippen molar-refractivity contribution in [3.63, 3.8) is 0 Å². The Morgan fingerprint density at radius 2 is 2.17 bits per heavy atom. The molecule has 1 aliphatic carbocycles. The molecule has 6 nitrogen and oxygen atoms in total. The van der Waals surface area contributed by atoms with Crippen molar-refractivity contribution in [1.29, 1.82) is 0 Å². The van der Waals surface area contributed by atoms with E-state index in [9.17, 15) is 4.39 Å². The van der Waals surface area contributed by atoms with Gasteiger partial charge in [-0.25, -0.2) is 14.4 Å². The molecule has 1 aliphatic heterocycles. The molecule has 0 bridgehead atoms. The molecular formula is C26H24BrFN4O2S2. The van der Waals surface area contributed by atoms with Gasteiger partial charge in [-0.15, -0.1) is 11.3 Å². The van der Waals surface area contributed by atoms with Crippen LogP contribution in [0.2, 0.25) is 0 Å². The van der Waals surface area contributed by atoms with E-state index in [0.717, 1.165) is 53.7 Å². The van der Waals surface area contributed by atoms with Crippen LogP contribution < -0.4 is 10.1 Å². The monoisotopic (exact) mass is 586 g/mol. The predicted molar refractivity (Wildman–Crippen MR) is 147 cm³/mol. The molecule has 1 aromatic carbocycles. The number of aliphatic imine (C=N–C) groups is 1. The second kappa shape index (κ2) is 11.6. The molecule has 3 heterocycles. The summed E-state index contributed by atoms with van der Waals surface area (Å²) < 4.78 is 25.8. The van der Waals surface area contributed by atoms with E-state index in [4.69, 9.17) is 14.5 Å². The van der Waals surface area contributed by atoms with Crippen LogP contribution in [0, 0.1) is 5.82 Å². The minimum atomic E-state index is -0.343. The molecule has 2 aromatic heterocycles. The van der Waals surface area contributed by atoms with Crippen LogP contribution in [0.4, 0.5) is 15.3 Å². The smallest absolute Gasteiger partial charge is 0.188 e. The van der Waals surface area contributed by atoms with Crippen molar-refractivity contribution < 1.29 is 13.9 Å². The van der Waals surface area contributed by atoms with E-state index in [2.05, 4.69) is 42.7 Å². The third kappa shape index (κ3) is 6.16. The van der Waals surface area contributed by atoms with E-state index in [0.29, 0.717) is 27.7 Å². The van der Waals surface area contributed by atoms with Crippen LogP contribution in [0.1, 0.15) is 37.3 Å². The number of halogens is 2. The normalized spacial score (nSPS) is 17.4. The van der Waals surface area contributed by atoms with Crippen LogP contribution in [0.3, 0.4) is 0 Å². The summed E-state index contributed by atoms with van der Waals surface area (Å²) in [5.41, 5.74) is 1.07. The fourth-order valence-electron chi connectivity index (χ4n) is 3.89.